The summed E-state index contributed by atoms with van der Waals surface area (Å²) in [4.78, 5) is -0.0323. The van der Waals surface area contributed by atoms with Crippen molar-refractivity contribution in [1.29, 1.82) is 0 Å². The topological polar surface area (TPSA) is 52.0 Å². The minimum Gasteiger partial charge on any atom is -0.239 e. The van der Waals surface area contributed by atoms with E-state index in [4.69, 9.17) is 22.3 Å². The summed E-state index contributed by atoms with van der Waals surface area (Å²) in [6, 6.07) is 5.96. The van der Waals surface area contributed by atoms with Gasteiger partial charge < -0.3 is 0 Å². The lowest BCUT2D eigenvalue weighted by Crippen LogP contribution is -1.97. The predicted molar refractivity (Wildman–Crippen MR) is 61.6 cm³/mol. The van der Waals surface area contributed by atoms with E-state index in [1.165, 1.54) is 16.8 Å². The third kappa shape index (κ3) is 2.21. The molecular weight excluding hydrogens is 271 g/mol. The summed E-state index contributed by atoms with van der Waals surface area (Å²) >= 11 is 5.94. The van der Waals surface area contributed by atoms with Gasteiger partial charge in [-0.25, -0.2) is 13.1 Å². The molecule has 0 N–H and O–H groups in total. The Morgan fingerprint density at radius 3 is 2.56 bits per heavy atom. The Morgan fingerprint density at radius 1 is 1.31 bits per heavy atom. The van der Waals surface area contributed by atoms with Gasteiger partial charge in [0.2, 0.25) is 0 Å². The van der Waals surface area contributed by atoms with Crippen LogP contribution in [0.4, 0.5) is 0 Å². The highest BCUT2D eigenvalue weighted by atomic mass is 35.7. The van der Waals surface area contributed by atoms with Crippen LogP contribution in [-0.2, 0) is 9.05 Å². The van der Waals surface area contributed by atoms with E-state index >= 15 is 0 Å². The Kier molecular flexibility index (Phi) is 2.92. The van der Waals surface area contributed by atoms with Gasteiger partial charge in [-0.2, -0.15) is 5.10 Å². The monoisotopic (exact) mass is 276 g/mol. The van der Waals surface area contributed by atoms with Crippen LogP contribution in [0.25, 0.3) is 5.69 Å². The maximum absolute atomic E-state index is 11.1. The van der Waals surface area contributed by atoms with Crippen molar-refractivity contribution in [3.05, 3.63) is 41.7 Å². The molecule has 84 valence electrons. The summed E-state index contributed by atoms with van der Waals surface area (Å²) in [6.07, 6.45) is 3.30. The van der Waals surface area contributed by atoms with Crippen LogP contribution in [-0.4, -0.2) is 18.2 Å². The molecule has 1 heterocycles. The Hall–Kier alpha value is -1.04. The number of halogens is 2. The molecule has 0 saturated heterocycles. The van der Waals surface area contributed by atoms with Gasteiger partial charge in [0.05, 0.1) is 15.6 Å². The lowest BCUT2D eigenvalue weighted by Gasteiger charge is -2.05. The molecule has 2 aromatic rings. The normalized spacial score (nSPS) is 11.6. The Bertz CT molecular complexity index is 608. The molecule has 0 radical (unpaired) electrons. The van der Waals surface area contributed by atoms with Gasteiger partial charge in [0, 0.05) is 23.1 Å². The van der Waals surface area contributed by atoms with Gasteiger partial charge in [-0.3, -0.25) is 0 Å². The van der Waals surface area contributed by atoms with E-state index in [0.29, 0.717) is 5.69 Å². The molecule has 0 atom stereocenters. The fourth-order valence-corrected chi connectivity index (χ4v) is 2.35. The molecule has 16 heavy (non-hydrogen) atoms. The smallest absolute Gasteiger partial charge is 0.239 e. The molecule has 0 fully saturated rings. The minimum atomic E-state index is -3.75. The van der Waals surface area contributed by atoms with E-state index < -0.39 is 9.05 Å². The first-order chi connectivity index (χ1) is 7.48. The molecule has 0 spiro atoms. The summed E-state index contributed by atoms with van der Waals surface area (Å²) < 4.78 is 23.7. The van der Waals surface area contributed by atoms with E-state index in [0.717, 1.165) is 0 Å². The first kappa shape index (κ1) is 11.4. The van der Waals surface area contributed by atoms with Crippen molar-refractivity contribution in [2.24, 2.45) is 0 Å². The van der Waals surface area contributed by atoms with Crippen LogP contribution in [0.3, 0.4) is 0 Å². The molecule has 0 aliphatic heterocycles. The fourth-order valence-electron chi connectivity index (χ4n) is 1.24. The number of rotatable bonds is 2. The van der Waals surface area contributed by atoms with Crippen LogP contribution < -0.4 is 0 Å². The lowest BCUT2D eigenvalue weighted by molar-refractivity contribution is 0.609. The van der Waals surface area contributed by atoms with Crippen LogP contribution in [0.15, 0.2) is 41.6 Å². The van der Waals surface area contributed by atoms with Crippen molar-refractivity contribution in [2.45, 2.75) is 4.90 Å². The molecule has 0 bridgehead atoms. The summed E-state index contributed by atoms with van der Waals surface area (Å²) in [5, 5.41) is 4.26. The molecule has 1 aromatic carbocycles. The van der Waals surface area contributed by atoms with Crippen LogP contribution in [0.2, 0.25) is 5.02 Å². The zero-order valence-corrected chi connectivity index (χ0v) is 10.2. The Balaban J connectivity index is 2.54. The van der Waals surface area contributed by atoms with E-state index in [1.54, 1.807) is 24.5 Å². The Labute approximate surface area is 102 Å². The van der Waals surface area contributed by atoms with Gasteiger partial charge in [-0.05, 0) is 24.3 Å². The van der Waals surface area contributed by atoms with E-state index in [9.17, 15) is 8.42 Å². The lowest BCUT2D eigenvalue weighted by atomic mass is 10.3. The maximum atomic E-state index is 11.1. The maximum Gasteiger partial charge on any atom is 0.261 e. The second-order valence-electron chi connectivity index (χ2n) is 3.00. The molecule has 0 aliphatic carbocycles. The standard InChI is InChI=1S/C9H6Cl2N2O2S/c10-8-6-7(16(11,14)15)2-3-9(8)13-5-1-4-12-13/h1-6H. The fraction of sp³-hybridized carbons (Fsp3) is 0. The van der Waals surface area contributed by atoms with Crippen molar-refractivity contribution < 1.29 is 8.42 Å². The van der Waals surface area contributed by atoms with Crippen molar-refractivity contribution in [1.82, 2.24) is 9.78 Å². The second kappa shape index (κ2) is 4.08. The highest BCUT2D eigenvalue weighted by molar-refractivity contribution is 8.13. The number of benzene rings is 1. The van der Waals surface area contributed by atoms with Crippen molar-refractivity contribution in [3.8, 4) is 5.69 Å². The first-order valence-electron chi connectivity index (χ1n) is 4.23. The molecule has 0 unspecified atom stereocenters. The third-order valence-corrected chi connectivity index (χ3v) is 3.61. The van der Waals surface area contributed by atoms with E-state index in [1.807, 2.05) is 0 Å². The van der Waals surface area contributed by atoms with Gasteiger partial charge in [-0.15, -0.1) is 0 Å². The summed E-state index contributed by atoms with van der Waals surface area (Å²) in [6.45, 7) is 0. The average Bonchev–Trinajstić information content (AvgIpc) is 2.69. The van der Waals surface area contributed by atoms with Gasteiger partial charge in [0.1, 0.15) is 0 Å². The number of hydrogen-bond donors (Lipinski definition) is 0. The van der Waals surface area contributed by atoms with Crippen molar-refractivity contribution >= 4 is 31.3 Å². The molecular formula is C9H6Cl2N2O2S. The second-order valence-corrected chi connectivity index (χ2v) is 5.97. The van der Waals surface area contributed by atoms with Gasteiger partial charge in [-0.1, -0.05) is 11.6 Å². The Morgan fingerprint density at radius 2 is 2.06 bits per heavy atom. The van der Waals surface area contributed by atoms with Crippen LogP contribution in [0, 0.1) is 0 Å². The predicted octanol–water partition coefficient (Wildman–Crippen LogP) is 2.45. The SMILES string of the molecule is O=S(=O)(Cl)c1ccc(-n2cccn2)c(Cl)c1. The van der Waals surface area contributed by atoms with E-state index in [2.05, 4.69) is 5.10 Å². The molecule has 1 aromatic heterocycles. The van der Waals surface area contributed by atoms with Crippen molar-refractivity contribution in [2.75, 3.05) is 0 Å². The van der Waals surface area contributed by atoms with Crippen LogP contribution >= 0.6 is 22.3 Å². The van der Waals surface area contributed by atoms with Gasteiger partial charge >= 0.3 is 0 Å². The molecule has 0 amide bonds. The molecule has 7 heteroatoms. The number of hydrogen-bond acceptors (Lipinski definition) is 3. The largest absolute Gasteiger partial charge is 0.261 e. The first-order valence-corrected chi connectivity index (χ1v) is 6.91. The molecule has 0 saturated carbocycles. The summed E-state index contributed by atoms with van der Waals surface area (Å²) in [5.41, 5.74) is 0.593. The van der Waals surface area contributed by atoms with Crippen molar-refractivity contribution in [3.63, 3.8) is 0 Å². The van der Waals surface area contributed by atoms with E-state index in [-0.39, 0.29) is 9.92 Å². The summed E-state index contributed by atoms with van der Waals surface area (Å²) in [7, 11) is 1.45. The number of aromatic nitrogens is 2. The summed E-state index contributed by atoms with van der Waals surface area (Å²) in [5.74, 6) is 0. The quantitative estimate of drug-likeness (QED) is 0.792. The highest BCUT2D eigenvalue weighted by Crippen LogP contribution is 2.25. The van der Waals surface area contributed by atoms with Gasteiger partial charge in [0.25, 0.3) is 9.05 Å². The van der Waals surface area contributed by atoms with Crippen LogP contribution in [0.5, 0.6) is 0 Å². The number of nitrogens with zero attached hydrogens (tertiary/aromatic N) is 2. The zero-order chi connectivity index (χ0) is 11.8. The molecule has 4 nitrogen and oxygen atoms in total. The highest BCUT2D eigenvalue weighted by Gasteiger charge is 2.12. The zero-order valence-electron chi connectivity index (χ0n) is 7.84. The minimum absolute atomic E-state index is 0.0323. The van der Waals surface area contributed by atoms with Crippen LogP contribution in [0.1, 0.15) is 0 Å². The van der Waals surface area contributed by atoms with Gasteiger partial charge in [0.15, 0.2) is 0 Å². The molecule has 2 rings (SSSR count). The molecule has 0 aliphatic rings. The third-order valence-electron chi connectivity index (χ3n) is 1.95. The average molecular weight is 277 g/mol.